The lowest BCUT2D eigenvalue weighted by Gasteiger charge is -2.32. The minimum atomic E-state index is 1.18. The van der Waals surface area contributed by atoms with Crippen molar-refractivity contribution in [3.05, 3.63) is 6.42 Å². The van der Waals surface area contributed by atoms with Crippen LogP contribution in [-0.2, 0) is 0 Å². The van der Waals surface area contributed by atoms with Crippen molar-refractivity contribution in [2.24, 2.45) is 0 Å². The number of nitrogens with zero attached hydrogens (tertiary/aromatic N) is 2. The van der Waals surface area contributed by atoms with Crippen molar-refractivity contribution in [1.29, 1.82) is 0 Å². The molecule has 2 nitrogen and oxygen atoms in total. The van der Waals surface area contributed by atoms with Crippen molar-refractivity contribution in [3.63, 3.8) is 0 Å². The monoisotopic (exact) mass is 155 g/mol. The molecule has 0 saturated carbocycles. The quantitative estimate of drug-likeness (QED) is 0.596. The topological polar surface area (TPSA) is 6.48 Å². The molecule has 0 aromatic rings. The Balaban J connectivity index is 2.07. The summed E-state index contributed by atoms with van der Waals surface area (Å²) in [6, 6.07) is 0. The van der Waals surface area contributed by atoms with Gasteiger partial charge in [-0.15, -0.1) is 0 Å². The molecule has 1 aliphatic rings. The molecule has 1 aliphatic heterocycles. The number of unbranched alkanes of at least 4 members (excludes halogenated alkanes) is 1. The van der Waals surface area contributed by atoms with Crippen LogP contribution in [0, 0.1) is 6.42 Å². The van der Waals surface area contributed by atoms with Crippen LogP contribution in [0.2, 0.25) is 0 Å². The van der Waals surface area contributed by atoms with Gasteiger partial charge in [0.15, 0.2) is 0 Å². The summed E-state index contributed by atoms with van der Waals surface area (Å²) in [7, 11) is 2.20. The lowest BCUT2D eigenvalue weighted by Crippen LogP contribution is -2.44. The maximum Gasteiger partial charge on any atom is 0.0110 e. The Bertz CT molecular complexity index is 93.0. The first-order valence-corrected chi connectivity index (χ1v) is 4.55. The van der Waals surface area contributed by atoms with Gasteiger partial charge in [-0.25, -0.2) is 0 Å². The van der Waals surface area contributed by atoms with E-state index in [4.69, 9.17) is 0 Å². The summed E-state index contributed by atoms with van der Waals surface area (Å²) in [4.78, 5) is 4.91. The van der Waals surface area contributed by atoms with E-state index in [0.29, 0.717) is 0 Å². The number of likely N-dealkylation sites (N-methyl/N-ethyl adjacent to an activating group) is 1. The largest absolute Gasteiger partial charge is 0.304 e. The molecule has 1 saturated heterocycles. The molecule has 0 aromatic heterocycles. The standard InChI is InChI=1S/C9H19N2/c1-3-4-5-11-8-6-10(2)7-9-11/h4H,3,5-9H2,1-2H3. The zero-order valence-corrected chi connectivity index (χ0v) is 7.71. The van der Waals surface area contributed by atoms with Gasteiger partial charge in [-0.05, 0) is 13.5 Å². The van der Waals surface area contributed by atoms with E-state index in [1.54, 1.807) is 0 Å². The Hall–Kier alpha value is -0.0800. The van der Waals surface area contributed by atoms with Crippen LogP contribution in [0.15, 0.2) is 0 Å². The van der Waals surface area contributed by atoms with E-state index in [1.165, 1.54) is 39.1 Å². The summed E-state index contributed by atoms with van der Waals surface area (Å²) in [5.74, 6) is 0. The van der Waals surface area contributed by atoms with Crippen LogP contribution in [-0.4, -0.2) is 49.6 Å². The minimum absolute atomic E-state index is 1.18. The average Bonchev–Trinajstić information content (AvgIpc) is 2.04. The highest BCUT2D eigenvalue weighted by Gasteiger charge is 2.11. The van der Waals surface area contributed by atoms with Crippen molar-refractivity contribution in [2.75, 3.05) is 39.8 Å². The van der Waals surface area contributed by atoms with Crippen LogP contribution in [0.4, 0.5) is 0 Å². The zero-order chi connectivity index (χ0) is 8.10. The molecular weight excluding hydrogens is 136 g/mol. The van der Waals surface area contributed by atoms with Gasteiger partial charge in [-0.1, -0.05) is 13.3 Å². The molecule has 0 aliphatic carbocycles. The Kier molecular flexibility index (Phi) is 3.87. The van der Waals surface area contributed by atoms with E-state index >= 15 is 0 Å². The summed E-state index contributed by atoms with van der Waals surface area (Å²) in [5, 5.41) is 0. The fourth-order valence-corrected chi connectivity index (χ4v) is 1.34. The molecule has 0 amide bonds. The van der Waals surface area contributed by atoms with Crippen LogP contribution in [0.25, 0.3) is 0 Å². The number of hydrogen-bond donors (Lipinski definition) is 0. The highest BCUT2D eigenvalue weighted by Crippen LogP contribution is 2.00. The highest BCUT2D eigenvalue weighted by atomic mass is 15.2. The second-order valence-electron chi connectivity index (χ2n) is 3.30. The van der Waals surface area contributed by atoms with Crippen LogP contribution in [0.3, 0.4) is 0 Å². The van der Waals surface area contributed by atoms with Gasteiger partial charge in [0.05, 0.1) is 0 Å². The van der Waals surface area contributed by atoms with Gasteiger partial charge in [0.2, 0.25) is 0 Å². The Morgan fingerprint density at radius 3 is 2.36 bits per heavy atom. The molecule has 0 spiro atoms. The van der Waals surface area contributed by atoms with Crippen LogP contribution in [0.1, 0.15) is 13.3 Å². The van der Waals surface area contributed by atoms with Crippen LogP contribution >= 0.6 is 0 Å². The molecule has 1 rings (SSSR count). The molecule has 11 heavy (non-hydrogen) atoms. The van der Waals surface area contributed by atoms with Gasteiger partial charge >= 0.3 is 0 Å². The second kappa shape index (κ2) is 4.73. The van der Waals surface area contributed by atoms with E-state index < -0.39 is 0 Å². The SMILES string of the molecule is CC[CH]CN1CCN(C)CC1. The van der Waals surface area contributed by atoms with Crippen molar-refractivity contribution in [3.8, 4) is 0 Å². The highest BCUT2D eigenvalue weighted by molar-refractivity contribution is 4.74. The third-order valence-corrected chi connectivity index (χ3v) is 2.27. The Labute approximate surface area is 70.2 Å². The summed E-state index contributed by atoms with van der Waals surface area (Å²) in [5.41, 5.74) is 0. The van der Waals surface area contributed by atoms with Gasteiger partial charge in [0.1, 0.15) is 0 Å². The molecule has 0 aromatic carbocycles. The van der Waals surface area contributed by atoms with Gasteiger partial charge in [-0.3, -0.25) is 0 Å². The molecule has 65 valence electrons. The molecular formula is C9H19N2. The number of hydrogen-bond acceptors (Lipinski definition) is 2. The molecule has 0 bridgehead atoms. The fraction of sp³-hybridized carbons (Fsp3) is 0.889. The third kappa shape index (κ3) is 3.21. The van der Waals surface area contributed by atoms with E-state index in [2.05, 4.69) is 30.2 Å². The fourth-order valence-electron chi connectivity index (χ4n) is 1.34. The Morgan fingerprint density at radius 1 is 1.18 bits per heavy atom. The molecule has 1 radical (unpaired) electrons. The normalized spacial score (nSPS) is 22.4. The maximum atomic E-state index is 2.52. The van der Waals surface area contributed by atoms with Crippen molar-refractivity contribution in [2.45, 2.75) is 13.3 Å². The molecule has 1 heterocycles. The van der Waals surface area contributed by atoms with Crippen molar-refractivity contribution >= 4 is 0 Å². The lowest BCUT2D eigenvalue weighted by molar-refractivity contribution is 0.162. The van der Waals surface area contributed by atoms with Gasteiger partial charge < -0.3 is 9.80 Å². The number of piperazine rings is 1. The Morgan fingerprint density at radius 2 is 1.82 bits per heavy atom. The van der Waals surface area contributed by atoms with E-state index in [1.807, 2.05) is 0 Å². The summed E-state index contributed by atoms with van der Waals surface area (Å²) < 4.78 is 0. The van der Waals surface area contributed by atoms with E-state index in [-0.39, 0.29) is 0 Å². The molecule has 2 heteroatoms. The number of rotatable bonds is 3. The van der Waals surface area contributed by atoms with Crippen molar-refractivity contribution < 1.29 is 0 Å². The second-order valence-corrected chi connectivity index (χ2v) is 3.30. The molecule has 0 atom stereocenters. The third-order valence-electron chi connectivity index (χ3n) is 2.27. The lowest BCUT2D eigenvalue weighted by atomic mass is 10.3. The molecule has 1 fully saturated rings. The van der Waals surface area contributed by atoms with E-state index in [9.17, 15) is 0 Å². The van der Waals surface area contributed by atoms with Gasteiger partial charge in [-0.2, -0.15) is 0 Å². The minimum Gasteiger partial charge on any atom is -0.304 e. The maximum absolute atomic E-state index is 2.52. The summed E-state index contributed by atoms with van der Waals surface area (Å²) in [6.07, 6.45) is 3.55. The van der Waals surface area contributed by atoms with Gasteiger partial charge in [0.25, 0.3) is 0 Å². The predicted octanol–water partition coefficient (Wildman–Crippen LogP) is 0.848. The van der Waals surface area contributed by atoms with Crippen LogP contribution < -0.4 is 0 Å². The smallest absolute Gasteiger partial charge is 0.0110 e. The van der Waals surface area contributed by atoms with Crippen molar-refractivity contribution in [1.82, 2.24) is 9.80 Å². The molecule has 0 N–H and O–H groups in total. The predicted molar refractivity (Wildman–Crippen MR) is 48.5 cm³/mol. The first-order chi connectivity index (χ1) is 5.33. The summed E-state index contributed by atoms with van der Waals surface area (Å²) >= 11 is 0. The van der Waals surface area contributed by atoms with Crippen LogP contribution in [0.5, 0.6) is 0 Å². The first kappa shape index (κ1) is 9.01. The average molecular weight is 155 g/mol. The van der Waals surface area contributed by atoms with E-state index in [0.717, 1.165) is 0 Å². The zero-order valence-electron chi connectivity index (χ0n) is 7.71. The van der Waals surface area contributed by atoms with Gasteiger partial charge in [0, 0.05) is 32.7 Å². The molecule has 0 unspecified atom stereocenters. The summed E-state index contributed by atoms with van der Waals surface area (Å²) in [6.45, 7) is 8.34. The first-order valence-electron chi connectivity index (χ1n) is 4.55.